The number of aromatic amines is 1. The van der Waals surface area contributed by atoms with E-state index in [-0.39, 0.29) is 123 Å². The van der Waals surface area contributed by atoms with E-state index in [0.29, 0.717) is 44.6 Å². The molecule has 21 N–H and O–H groups in total. The van der Waals surface area contributed by atoms with Crippen molar-refractivity contribution in [1.82, 2.24) is 72.4 Å². The molecular formula is C78H101ClN18O18S2. The number of anilines is 1. The molecule has 0 unspecified atom stereocenters. The molecule has 0 spiro atoms. The summed E-state index contributed by atoms with van der Waals surface area (Å²) in [6.07, 6.45) is -0.860. The molecule has 2 saturated heterocycles. The molecule has 9 atom stereocenters. The van der Waals surface area contributed by atoms with Gasteiger partial charge in [0.1, 0.15) is 48.3 Å². The molecule has 8 rings (SSSR count). The van der Waals surface area contributed by atoms with E-state index in [9.17, 15) is 68.4 Å². The smallest absolute Gasteiger partial charge is 0.317 e. The zero-order valence-corrected chi connectivity index (χ0v) is 66.8. The second kappa shape index (κ2) is 46.1. The van der Waals surface area contributed by atoms with Gasteiger partial charge in [0.05, 0.1) is 32.3 Å². The summed E-state index contributed by atoms with van der Waals surface area (Å²) < 4.78 is 0. The summed E-state index contributed by atoms with van der Waals surface area (Å²) >= 11 is 6.31. The number of hydrogen-bond acceptors (Lipinski definition) is 22. The van der Waals surface area contributed by atoms with Gasteiger partial charge in [-0.3, -0.25) is 81.9 Å². The first-order valence-corrected chi connectivity index (χ1v) is 40.9. The van der Waals surface area contributed by atoms with Crippen LogP contribution >= 0.6 is 33.2 Å². The summed E-state index contributed by atoms with van der Waals surface area (Å²) in [5, 5.41) is 69.9. The molecule has 630 valence electrons. The topological polar surface area (TPSA) is 547 Å². The van der Waals surface area contributed by atoms with Gasteiger partial charge in [0, 0.05) is 130 Å². The molecule has 0 bridgehead atoms. The van der Waals surface area contributed by atoms with Crippen LogP contribution in [0.2, 0.25) is 5.02 Å². The van der Waals surface area contributed by atoms with Gasteiger partial charge in [-0.2, -0.15) is 0 Å². The highest BCUT2D eigenvalue weighted by Gasteiger charge is 2.38. The number of unbranched alkanes of at least 4 members (excludes halogenated alkanes) is 1. The predicted molar refractivity (Wildman–Crippen MR) is 439 cm³/mol. The minimum Gasteiger partial charge on any atom is -0.480 e. The summed E-state index contributed by atoms with van der Waals surface area (Å²) in [4.78, 5) is 204. The minimum atomic E-state index is -1.82. The van der Waals surface area contributed by atoms with Crippen LogP contribution < -0.4 is 70.4 Å². The Labute approximate surface area is 687 Å². The Kier molecular flexibility index (Phi) is 36.1. The van der Waals surface area contributed by atoms with E-state index in [1.807, 2.05) is 36.4 Å². The fraction of sp³-hybridized carbons (Fsp3) is 0.436. The van der Waals surface area contributed by atoms with Crippen molar-refractivity contribution in [3.63, 3.8) is 0 Å². The lowest BCUT2D eigenvalue weighted by Crippen LogP contribution is -2.62. The molecule has 6 aromatic rings. The van der Waals surface area contributed by atoms with Crippen molar-refractivity contribution in [2.75, 3.05) is 108 Å². The van der Waals surface area contributed by atoms with Crippen LogP contribution in [0.1, 0.15) is 54.9 Å². The van der Waals surface area contributed by atoms with Gasteiger partial charge in [-0.05, 0) is 96.1 Å². The minimum absolute atomic E-state index is 0.0853. The number of primary amides is 2. The molecule has 2 aliphatic rings. The molecule has 39 heteroatoms. The first-order valence-electron chi connectivity index (χ1n) is 38.0. The number of rotatable bonds is 31. The van der Waals surface area contributed by atoms with E-state index in [1.54, 1.807) is 80.4 Å². The van der Waals surface area contributed by atoms with Crippen molar-refractivity contribution in [2.24, 2.45) is 17.2 Å². The third-order valence-corrected chi connectivity index (χ3v) is 22.1. The van der Waals surface area contributed by atoms with Crippen LogP contribution in [0.5, 0.6) is 0 Å². The largest absolute Gasteiger partial charge is 0.480 e. The number of carbonyl (C=O) groups excluding carboxylic acids is 11. The van der Waals surface area contributed by atoms with Gasteiger partial charge in [0.15, 0.2) is 0 Å². The number of aliphatic carboxylic acids is 3. The normalized spacial score (nSPS) is 20.0. The Balaban J connectivity index is 1.12. The molecular weight excluding hydrogens is 1580 g/mol. The summed E-state index contributed by atoms with van der Waals surface area (Å²) in [5.74, 6) is -13.4. The van der Waals surface area contributed by atoms with Gasteiger partial charge < -0.3 is 95.8 Å². The molecule has 5 aromatic carbocycles. The van der Waals surface area contributed by atoms with Crippen LogP contribution in [-0.2, 0) is 88.0 Å². The molecule has 117 heavy (non-hydrogen) atoms. The molecule has 3 heterocycles. The second-order valence-corrected chi connectivity index (χ2v) is 31.5. The third-order valence-electron chi connectivity index (χ3n) is 19.5. The lowest BCUT2D eigenvalue weighted by atomic mass is 10.0. The molecule has 0 saturated carbocycles. The monoisotopic (exact) mass is 1680 g/mol. The first kappa shape index (κ1) is 91.6. The summed E-state index contributed by atoms with van der Waals surface area (Å²) in [7, 11) is 1.77. The van der Waals surface area contributed by atoms with Crippen LogP contribution in [-0.4, -0.2) is 286 Å². The number of aromatic nitrogens is 1. The maximum absolute atomic E-state index is 15.5. The number of carboxylic acid groups (broad SMARTS) is 3. The van der Waals surface area contributed by atoms with E-state index in [0.717, 1.165) is 32.4 Å². The van der Waals surface area contributed by atoms with Crippen LogP contribution in [0.3, 0.4) is 0 Å². The SMILES string of the molecule is C[C@@H](O)[C@@H]1NC(=O)[C@H](CCCCN)NC(=O)[C@@H](Cc2c[nH]c3ccccc23)NC(=O)[C@H](Cc2ccc(NC(N)=O)cc2)NC(=O)[C@H](NC(=O)[C@@H](Cc2ccc(Cl)cc2)NC(=O)CCNC(=O)CN2CCN(CC(=O)O)CCN(CC(=O)O)CCN(CC(=O)O)CC2)CSSC[C@@H](C(=O)N[C@@H](Cc2ccc3ccccc3c2)C(N)=O)NC1=O. The molecule has 1 aromatic heterocycles. The number of fused-ring (bicyclic) bond motifs is 2. The van der Waals surface area contributed by atoms with E-state index in [2.05, 4.69) is 58.2 Å². The lowest BCUT2D eigenvalue weighted by molar-refractivity contribution is -0.140. The molecule has 36 nitrogen and oxygen atoms in total. The average molecular weight is 1680 g/mol. The Morgan fingerprint density at radius 2 is 1.10 bits per heavy atom. The number of nitrogens with zero attached hydrogens (tertiary/aromatic N) is 4. The number of benzene rings is 5. The van der Waals surface area contributed by atoms with Crippen molar-refractivity contribution in [3.8, 4) is 0 Å². The molecule has 12 amide bonds. The lowest BCUT2D eigenvalue weighted by Gasteiger charge is -2.32. The van der Waals surface area contributed by atoms with Gasteiger partial charge in [0.2, 0.25) is 59.1 Å². The summed E-state index contributed by atoms with van der Waals surface area (Å²) in [5.41, 5.74) is 20.2. The number of nitrogens with one attached hydrogen (secondary N) is 11. The number of H-pyrrole nitrogens is 1. The molecule has 2 aliphatic heterocycles. The van der Waals surface area contributed by atoms with Crippen LogP contribution in [0.15, 0.2) is 121 Å². The molecule has 2 fully saturated rings. The van der Waals surface area contributed by atoms with Gasteiger partial charge in [0.25, 0.3) is 0 Å². The van der Waals surface area contributed by atoms with Crippen molar-refractivity contribution >= 4 is 144 Å². The number of carbonyl (C=O) groups is 14. The number of nitrogens with two attached hydrogens (primary N) is 3. The Bertz CT molecular complexity index is 4440. The number of hydrogen-bond donors (Lipinski definition) is 18. The number of aliphatic hydroxyl groups is 1. The van der Waals surface area contributed by atoms with Crippen LogP contribution in [0, 0.1) is 0 Å². The van der Waals surface area contributed by atoms with Gasteiger partial charge in [-0.15, -0.1) is 0 Å². The van der Waals surface area contributed by atoms with E-state index in [4.69, 9.17) is 28.8 Å². The van der Waals surface area contributed by atoms with Crippen molar-refractivity contribution in [2.45, 2.75) is 113 Å². The maximum atomic E-state index is 15.5. The number of aliphatic hydroxyl groups excluding tert-OH is 1. The molecule has 0 aliphatic carbocycles. The third kappa shape index (κ3) is 30.6. The highest BCUT2D eigenvalue weighted by molar-refractivity contribution is 8.76. The Hall–Kier alpha value is -11.0. The zero-order chi connectivity index (χ0) is 84.7. The van der Waals surface area contributed by atoms with Crippen molar-refractivity contribution < 1.29 is 87.5 Å². The quantitative estimate of drug-likeness (QED) is 0.0183. The van der Waals surface area contributed by atoms with Gasteiger partial charge >= 0.3 is 23.9 Å². The van der Waals surface area contributed by atoms with Crippen LogP contribution in [0.4, 0.5) is 10.5 Å². The van der Waals surface area contributed by atoms with E-state index < -0.39 is 168 Å². The van der Waals surface area contributed by atoms with Gasteiger partial charge in [-0.1, -0.05) is 118 Å². The van der Waals surface area contributed by atoms with E-state index >= 15 is 19.2 Å². The zero-order valence-electron chi connectivity index (χ0n) is 64.4. The fourth-order valence-electron chi connectivity index (χ4n) is 13.2. The predicted octanol–water partition coefficient (Wildman–Crippen LogP) is -1.01. The Morgan fingerprint density at radius 1 is 0.564 bits per heavy atom. The second-order valence-electron chi connectivity index (χ2n) is 28.5. The standard InChI is InChI=1S/C78H101ClN18O18S2/c1-46(98)69-77(114)92-63(75(112)88-58(70(81)107)37-49-13-18-50-8-2-3-9-51(50)34-49)45-117-116-44-62(76(113)89-60(36-48-16-21-54(22-17-48)85-78(82)115)73(110)90-61(38-52-39-84-56-11-5-4-10-55(52)56)74(111)87-57(71(108)93-69)12-6-7-24-80)91-72(109)59(35-47-14-19-53(79)20-15-47)86-64(99)23-25-83-65(100)40-94-26-28-95(41-66(101)102)30-32-97(43-68(105)106)33-31-96(29-27-94)42-67(103)104/h2-5,8-11,13-22,34,39,46,57-63,69,84,98H,6-7,12,23-33,35-38,40-45,80H2,1H3,(H2,81,107)(H,83,100)(H,86,99)(H,87,111)(H,88,112)(H,89,113)(H,90,110)(H,91,109)(H,92,114)(H,93,108)(H,101,102)(H,103,104)(H,105,106)(H3,82,85,115)/t46-,57+,58+,59-,60+,61-,62-,63+,69+/m1/s1. The molecule has 0 radical (unpaired) electrons. The number of para-hydroxylation sites is 1. The first-order chi connectivity index (χ1) is 55.9. The number of carboxylic acids is 3. The fourth-order valence-corrected chi connectivity index (χ4v) is 15.7. The Morgan fingerprint density at radius 3 is 1.70 bits per heavy atom. The number of urea groups is 1. The van der Waals surface area contributed by atoms with Crippen molar-refractivity contribution in [3.05, 3.63) is 149 Å². The summed E-state index contributed by atoms with van der Waals surface area (Å²) in [6, 6.07) is 18.6. The van der Waals surface area contributed by atoms with Crippen molar-refractivity contribution in [1.29, 1.82) is 0 Å². The highest BCUT2D eigenvalue weighted by Crippen LogP contribution is 2.26. The average Bonchev–Trinajstić information content (AvgIpc) is 1.78. The maximum Gasteiger partial charge on any atom is 0.317 e. The van der Waals surface area contributed by atoms with E-state index in [1.165, 1.54) is 31.2 Å². The van der Waals surface area contributed by atoms with Crippen LogP contribution in [0.25, 0.3) is 21.7 Å². The number of amides is 12. The van der Waals surface area contributed by atoms with Gasteiger partial charge in [-0.25, -0.2) is 4.79 Å². The summed E-state index contributed by atoms with van der Waals surface area (Å²) in [6.45, 7) is 0.701. The number of halogens is 1. The highest BCUT2D eigenvalue weighted by atomic mass is 35.5.